The molecule has 0 spiro atoms. The van der Waals surface area contributed by atoms with Crippen LogP contribution in [-0.2, 0) is 21.4 Å². The Morgan fingerprint density at radius 3 is 2.10 bits per heavy atom. The van der Waals surface area contributed by atoms with Gasteiger partial charge in [-0.05, 0) is 52.4 Å². The zero-order valence-electron chi connectivity index (χ0n) is 27.1. The summed E-state index contributed by atoms with van der Waals surface area (Å²) < 4.78 is 28.4. The molecular formula is C38H34F2N4O4S. The smallest absolute Gasteiger partial charge is 0.310 e. The van der Waals surface area contributed by atoms with Gasteiger partial charge in [-0.1, -0.05) is 69.3 Å². The number of aliphatic carboxylic acids is 1. The van der Waals surface area contributed by atoms with Crippen LogP contribution >= 0.6 is 11.3 Å². The molecule has 1 fully saturated rings. The predicted molar refractivity (Wildman–Crippen MR) is 184 cm³/mol. The van der Waals surface area contributed by atoms with Crippen molar-refractivity contribution in [1.82, 2.24) is 20.2 Å². The molecule has 5 aromatic rings. The van der Waals surface area contributed by atoms with E-state index in [0.717, 1.165) is 10.4 Å². The molecule has 1 atom stereocenters. The van der Waals surface area contributed by atoms with Crippen molar-refractivity contribution in [3.63, 3.8) is 0 Å². The van der Waals surface area contributed by atoms with Crippen LogP contribution in [0.2, 0.25) is 0 Å². The van der Waals surface area contributed by atoms with Crippen LogP contribution in [0.5, 0.6) is 0 Å². The van der Waals surface area contributed by atoms with E-state index in [1.54, 1.807) is 42.7 Å². The van der Waals surface area contributed by atoms with Crippen LogP contribution in [0.3, 0.4) is 0 Å². The average molecular weight is 681 g/mol. The van der Waals surface area contributed by atoms with E-state index in [4.69, 9.17) is 0 Å². The molecule has 0 aliphatic carbocycles. The summed E-state index contributed by atoms with van der Waals surface area (Å²) in [7, 11) is 0. The summed E-state index contributed by atoms with van der Waals surface area (Å²) in [6.07, 6.45) is 3.29. The maximum atomic E-state index is 15.1. The van der Waals surface area contributed by atoms with E-state index in [1.807, 2.05) is 30.3 Å². The van der Waals surface area contributed by atoms with E-state index in [0.29, 0.717) is 38.5 Å². The molecular weight excluding hydrogens is 647 g/mol. The number of likely N-dealkylation sites (tertiary alicyclic amines) is 1. The van der Waals surface area contributed by atoms with Crippen molar-refractivity contribution >= 4 is 29.1 Å². The number of nitrogens with one attached hydrogen (secondary N) is 1. The minimum absolute atomic E-state index is 0.0995. The summed E-state index contributed by atoms with van der Waals surface area (Å²) in [5.41, 5.74) is 3.51. The summed E-state index contributed by atoms with van der Waals surface area (Å²) >= 11 is 1.38. The number of carbonyl (C=O) groups excluding carboxylic acids is 2. The fourth-order valence-corrected chi connectivity index (χ4v) is 6.51. The lowest BCUT2D eigenvalue weighted by Gasteiger charge is -2.38. The van der Waals surface area contributed by atoms with Gasteiger partial charge in [0.15, 0.2) is 5.82 Å². The molecule has 250 valence electrons. The Hall–Kier alpha value is -5.29. The topological polar surface area (TPSA) is 112 Å². The number of halogens is 2. The molecule has 3 heterocycles. The van der Waals surface area contributed by atoms with E-state index in [-0.39, 0.29) is 42.6 Å². The molecule has 0 bridgehead atoms. The summed E-state index contributed by atoms with van der Waals surface area (Å²) in [6, 6.07) is 20.7. The quantitative estimate of drug-likeness (QED) is 0.174. The number of carbonyl (C=O) groups is 3. The minimum atomic E-state index is -0.950. The van der Waals surface area contributed by atoms with Gasteiger partial charge < -0.3 is 15.3 Å². The Kier molecular flexibility index (Phi) is 9.38. The largest absolute Gasteiger partial charge is 0.481 e. The third kappa shape index (κ3) is 7.57. The maximum absolute atomic E-state index is 15.1. The molecule has 3 aromatic carbocycles. The zero-order valence-corrected chi connectivity index (χ0v) is 27.9. The van der Waals surface area contributed by atoms with Crippen molar-refractivity contribution in [2.75, 3.05) is 13.1 Å². The van der Waals surface area contributed by atoms with Gasteiger partial charge in [-0.2, -0.15) is 0 Å². The normalized spacial score (nSPS) is 13.9. The number of aromatic nitrogens is 2. The highest BCUT2D eigenvalue weighted by molar-refractivity contribution is 7.14. The Bertz CT molecular complexity index is 2000. The molecule has 2 N–H and O–H groups in total. The van der Waals surface area contributed by atoms with Gasteiger partial charge in [0.2, 0.25) is 5.91 Å². The fourth-order valence-electron chi connectivity index (χ4n) is 5.54. The first-order valence-corrected chi connectivity index (χ1v) is 16.6. The van der Waals surface area contributed by atoms with Gasteiger partial charge in [0.25, 0.3) is 5.91 Å². The van der Waals surface area contributed by atoms with E-state index in [9.17, 15) is 23.9 Å². The molecule has 2 aromatic heterocycles. The van der Waals surface area contributed by atoms with E-state index in [1.165, 1.54) is 34.4 Å². The highest BCUT2D eigenvalue weighted by Gasteiger charge is 2.39. The third-order valence-corrected chi connectivity index (χ3v) is 9.99. The van der Waals surface area contributed by atoms with E-state index in [2.05, 4.69) is 36.1 Å². The SMILES string of the molecule is CC(C)(C)c1ccc(C(=O)N[C@@H](Cc2ccc(-c3ncc(-c4ccc(-c5ccc(F)cc5)cc4F)cn3)cc2)C(=O)N2CC(C(=O)O)C2)s1. The van der Waals surface area contributed by atoms with Gasteiger partial charge >= 0.3 is 5.97 Å². The van der Waals surface area contributed by atoms with Crippen LogP contribution in [-0.4, -0.2) is 56.9 Å². The molecule has 8 nitrogen and oxygen atoms in total. The number of carboxylic acids is 1. The van der Waals surface area contributed by atoms with Crippen molar-refractivity contribution in [2.45, 2.75) is 38.6 Å². The fraction of sp³-hybridized carbons (Fsp3) is 0.237. The van der Waals surface area contributed by atoms with Crippen LogP contribution in [0.25, 0.3) is 33.6 Å². The molecule has 2 amide bonds. The van der Waals surface area contributed by atoms with Gasteiger partial charge in [-0.15, -0.1) is 11.3 Å². The summed E-state index contributed by atoms with van der Waals surface area (Å²) in [5.74, 6) is -2.65. The number of thiophene rings is 1. The first-order chi connectivity index (χ1) is 23.4. The molecule has 49 heavy (non-hydrogen) atoms. The van der Waals surface area contributed by atoms with Crippen LogP contribution in [0, 0.1) is 17.6 Å². The Balaban J connectivity index is 1.16. The molecule has 0 radical (unpaired) electrons. The second-order valence-corrected chi connectivity index (χ2v) is 14.2. The summed E-state index contributed by atoms with van der Waals surface area (Å²) in [4.78, 5) is 49.9. The van der Waals surface area contributed by atoms with Crippen molar-refractivity contribution in [2.24, 2.45) is 5.92 Å². The van der Waals surface area contributed by atoms with Crippen LogP contribution in [0.15, 0.2) is 91.3 Å². The zero-order chi connectivity index (χ0) is 34.9. The Labute approximate surface area is 286 Å². The molecule has 11 heteroatoms. The third-order valence-electron chi connectivity index (χ3n) is 8.48. The van der Waals surface area contributed by atoms with Gasteiger partial charge in [-0.3, -0.25) is 14.4 Å². The molecule has 0 saturated carbocycles. The van der Waals surface area contributed by atoms with Crippen molar-refractivity contribution < 1.29 is 28.3 Å². The van der Waals surface area contributed by atoms with Crippen LogP contribution < -0.4 is 5.32 Å². The lowest BCUT2D eigenvalue weighted by Crippen LogP contribution is -2.59. The second kappa shape index (κ2) is 13.7. The monoisotopic (exact) mass is 680 g/mol. The molecule has 0 unspecified atom stereocenters. The summed E-state index contributed by atoms with van der Waals surface area (Å²) in [6.45, 7) is 6.39. The molecule has 1 aliphatic heterocycles. The predicted octanol–water partition coefficient (Wildman–Crippen LogP) is 7.00. The average Bonchev–Trinajstić information content (AvgIpc) is 3.56. The number of rotatable bonds is 9. The summed E-state index contributed by atoms with van der Waals surface area (Å²) in [5, 5.41) is 12.2. The number of hydrogen-bond donors (Lipinski definition) is 2. The van der Waals surface area contributed by atoms with Crippen molar-refractivity contribution in [1.29, 1.82) is 0 Å². The molecule has 1 aliphatic rings. The highest BCUT2D eigenvalue weighted by atomic mass is 32.1. The highest BCUT2D eigenvalue weighted by Crippen LogP contribution is 2.31. The molecule has 1 saturated heterocycles. The number of amides is 2. The number of hydrogen-bond acceptors (Lipinski definition) is 6. The maximum Gasteiger partial charge on any atom is 0.310 e. The number of nitrogens with zero attached hydrogens (tertiary/aromatic N) is 3. The number of benzene rings is 3. The first kappa shape index (κ1) is 33.6. The van der Waals surface area contributed by atoms with Gasteiger partial charge in [0, 0.05) is 53.5 Å². The Morgan fingerprint density at radius 2 is 1.51 bits per heavy atom. The standard InChI is InChI=1S/C38H34F2N4O4S/c1-38(2,3)33-15-14-32(49-33)35(45)43-31(36(46)44-20-27(21-44)37(47)48)16-22-4-6-24(7-5-22)34-41-18-26(19-42-34)29-13-10-25(17-30(29)40)23-8-11-28(39)12-9-23/h4-15,17-19,27,31H,16,20-21H2,1-3H3,(H,43,45)(H,47,48)/t31-/m0/s1. The van der Waals surface area contributed by atoms with Crippen molar-refractivity contribution in [3.05, 3.63) is 118 Å². The second-order valence-electron chi connectivity index (χ2n) is 13.1. The first-order valence-electron chi connectivity index (χ1n) is 15.8. The molecule has 6 rings (SSSR count). The minimum Gasteiger partial charge on any atom is -0.481 e. The lowest BCUT2D eigenvalue weighted by atomic mass is 9.95. The van der Waals surface area contributed by atoms with E-state index < -0.39 is 23.7 Å². The van der Waals surface area contributed by atoms with Crippen LogP contribution in [0.4, 0.5) is 8.78 Å². The lowest BCUT2D eigenvalue weighted by molar-refractivity contribution is -0.153. The Morgan fingerprint density at radius 1 is 0.878 bits per heavy atom. The van der Waals surface area contributed by atoms with Gasteiger partial charge in [0.05, 0.1) is 10.8 Å². The van der Waals surface area contributed by atoms with Gasteiger partial charge in [0.1, 0.15) is 17.7 Å². The van der Waals surface area contributed by atoms with Crippen molar-refractivity contribution in [3.8, 4) is 33.6 Å². The van der Waals surface area contributed by atoms with Crippen LogP contribution in [0.1, 0.15) is 40.9 Å². The van der Waals surface area contributed by atoms with E-state index >= 15 is 4.39 Å². The number of carboxylic acid groups (broad SMARTS) is 1. The van der Waals surface area contributed by atoms with Gasteiger partial charge in [-0.25, -0.2) is 18.7 Å².